The van der Waals surface area contributed by atoms with Crippen molar-refractivity contribution in [1.29, 1.82) is 0 Å². The molecular weight excluding hydrogens is 372 g/mol. The summed E-state index contributed by atoms with van der Waals surface area (Å²) >= 11 is 0. The van der Waals surface area contributed by atoms with Gasteiger partial charge in [0.25, 0.3) is 0 Å². The Kier molecular flexibility index (Phi) is 5.52. The molecule has 0 amide bonds. The lowest BCUT2D eigenvalue weighted by Crippen LogP contribution is -2.61. The largest absolute Gasteiger partial charge is 0.481 e. The van der Waals surface area contributed by atoms with Crippen LogP contribution in [0, 0.1) is 0 Å². The molecule has 0 unspecified atom stereocenters. The van der Waals surface area contributed by atoms with Gasteiger partial charge in [0.05, 0.1) is 5.92 Å². The Morgan fingerprint density at radius 2 is 1.61 bits per heavy atom. The van der Waals surface area contributed by atoms with Crippen molar-refractivity contribution in [3.63, 3.8) is 0 Å². The number of aliphatic hydroxyl groups excluding tert-OH is 3. The van der Waals surface area contributed by atoms with E-state index in [0.29, 0.717) is 5.56 Å². The number of benzene rings is 2. The monoisotopic (exact) mass is 392 g/mol. The van der Waals surface area contributed by atoms with Crippen molar-refractivity contribution in [3.8, 4) is 5.75 Å². The van der Waals surface area contributed by atoms with Gasteiger partial charge in [-0.05, 0) is 35.4 Å². The normalized spacial score (nSPS) is 28.6. The van der Waals surface area contributed by atoms with Crippen molar-refractivity contribution in [1.82, 2.24) is 0 Å². The Bertz CT molecular complexity index is 896. The first-order valence-corrected chi connectivity index (χ1v) is 8.54. The van der Waals surface area contributed by atoms with Crippen LogP contribution in [0.25, 0.3) is 10.8 Å². The number of rotatable bonds is 5. The molecule has 2 aromatic carbocycles. The standard InChI is InChI=1S/C19H20O9/c1-8(17(23)24)9-2-3-11-7-12(5-4-10(11)6-9)27-19-15(22)13(20)14(21)16(28-19)18(25)26/h2-8,13-16,19-22H,1H3,(H,23,24)(H,25,26)/t8-,13+,14+,15-,16+,19-/m1/s1. The van der Waals surface area contributed by atoms with Crippen molar-refractivity contribution >= 4 is 22.7 Å². The number of hydrogen-bond donors (Lipinski definition) is 5. The van der Waals surface area contributed by atoms with Gasteiger partial charge in [0.1, 0.15) is 24.1 Å². The minimum atomic E-state index is -1.79. The maximum atomic E-state index is 11.1. The molecule has 0 saturated carbocycles. The lowest BCUT2D eigenvalue weighted by atomic mass is 9.98. The van der Waals surface area contributed by atoms with Gasteiger partial charge < -0.3 is 35.0 Å². The summed E-state index contributed by atoms with van der Waals surface area (Å²) < 4.78 is 10.6. The molecule has 2 aromatic rings. The van der Waals surface area contributed by atoms with Crippen molar-refractivity contribution in [2.75, 3.05) is 0 Å². The minimum Gasteiger partial charge on any atom is -0.481 e. The Labute approximate surface area is 159 Å². The molecule has 0 spiro atoms. The third-order valence-corrected chi connectivity index (χ3v) is 4.77. The molecule has 28 heavy (non-hydrogen) atoms. The van der Waals surface area contributed by atoms with Gasteiger partial charge in [0.15, 0.2) is 6.10 Å². The van der Waals surface area contributed by atoms with E-state index in [1.165, 1.54) is 0 Å². The van der Waals surface area contributed by atoms with Crippen molar-refractivity contribution in [2.24, 2.45) is 0 Å². The summed E-state index contributed by atoms with van der Waals surface area (Å²) in [5, 5.41) is 49.2. The van der Waals surface area contributed by atoms with Crippen LogP contribution in [0.2, 0.25) is 0 Å². The lowest BCUT2D eigenvalue weighted by molar-refractivity contribution is -0.271. The Balaban J connectivity index is 1.83. The summed E-state index contributed by atoms with van der Waals surface area (Å²) in [7, 11) is 0. The van der Waals surface area contributed by atoms with Crippen LogP contribution in [-0.4, -0.2) is 68.2 Å². The molecule has 3 rings (SSSR count). The van der Waals surface area contributed by atoms with Gasteiger partial charge in [-0.25, -0.2) is 4.79 Å². The van der Waals surface area contributed by atoms with Crippen molar-refractivity contribution < 1.29 is 44.6 Å². The van der Waals surface area contributed by atoms with Crippen LogP contribution in [0.3, 0.4) is 0 Å². The van der Waals surface area contributed by atoms with Crippen LogP contribution in [0.5, 0.6) is 5.75 Å². The second kappa shape index (κ2) is 7.72. The summed E-state index contributed by atoms with van der Waals surface area (Å²) in [6, 6.07) is 9.96. The van der Waals surface area contributed by atoms with Crippen LogP contribution in [0.1, 0.15) is 18.4 Å². The predicted molar refractivity (Wildman–Crippen MR) is 94.9 cm³/mol. The number of hydrogen-bond acceptors (Lipinski definition) is 7. The lowest BCUT2D eigenvalue weighted by Gasteiger charge is -2.38. The Morgan fingerprint density at radius 1 is 0.964 bits per heavy atom. The van der Waals surface area contributed by atoms with E-state index < -0.39 is 48.6 Å². The third-order valence-electron chi connectivity index (χ3n) is 4.77. The summed E-state index contributed by atoms with van der Waals surface area (Å²) in [5.41, 5.74) is 0.640. The van der Waals surface area contributed by atoms with Gasteiger partial charge in [-0.1, -0.05) is 24.3 Å². The van der Waals surface area contributed by atoms with Crippen LogP contribution >= 0.6 is 0 Å². The molecule has 1 aliphatic rings. The maximum Gasteiger partial charge on any atom is 0.335 e. The average molecular weight is 392 g/mol. The third kappa shape index (κ3) is 3.78. The van der Waals surface area contributed by atoms with Gasteiger partial charge in [-0.3, -0.25) is 4.79 Å². The molecule has 150 valence electrons. The molecule has 1 saturated heterocycles. The number of carboxylic acids is 2. The van der Waals surface area contributed by atoms with E-state index in [9.17, 15) is 24.9 Å². The summed E-state index contributed by atoms with van der Waals surface area (Å²) in [6.45, 7) is 1.58. The first-order valence-electron chi connectivity index (χ1n) is 8.54. The van der Waals surface area contributed by atoms with Gasteiger partial charge in [0.2, 0.25) is 6.29 Å². The number of ether oxygens (including phenoxy) is 2. The number of carbonyl (C=O) groups is 2. The van der Waals surface area contributed by atoms with E-state index in [4.69, 9.17) is 19.7 Å². The van der Waals surface area contributed by atoms with E-state index >= 15 is 0 Å². The second-order valence-corrected chi connectivity index (χ2v) is 6.68. The fraction of sp³-hybridized carbons (Fsp3) is 0.368. The van der Waals surface area contributed by atoms with Crippen LogP contribution in [0.4, 0.5) is 0 Å². The summed E-state index contributed by atoms with van der Waals surface area (Å²) in [4.78, 5) is 22.3. The zero-order chi connectivity index (χ0) is 20.6. The smallest absolute Gasteiger partial charge is 0.335 e. The molecule has 1 aliphatic heterocycles. The average Bonchev–Trinajstić information content (AvgIpc) is 2.67. The quantitative estimate of drug-likeness (QED) is 0.483. The zero-order valence-electron chi connectivity index (χ0n) is 14.8. The molecule has 1 heterocycles. The van der Waals surface area contributed by atoms with Gasteiger partial charge in [-0.2, -0.15) is 0 Å². The topological polar surface area (TPSA) is 154 Å². The Morgan fingerprint density at radius 3 is 2.25 bits per heavy atom. The SMILES string of the molecule is C[C@@H](C(=O)O)c1ccc2cc(O[C@@H]3O[C@H](C(=O)O)[C@@H](O)[C@H](O)[C@H]3O)ccc2c1. The fourth-order valence-corrected chi connectivity index (χ4v) is 3.01. The highest BCUT2D eigenvalue weighted by molar-refractivity contribution is 5.86. The highest BCUT2D eigenvalue weighted by Gasteiger charge is 2.48. The molecule has 9 nitrogen and oxygen atoms in total. The minimum absolute atomic E-state index is 0.239. The maximum absolute atomic E-state index is 11.1. The van der Waals surface area contributed by atoms with E-state index in [2.05, 4.69) is 0 Å². The fourth-order valence-electron chi connectivity index (χ4n) is 3.01. The van der Waals surface area contributed by atoms with Gasteiger partial charge >= 0.3 is 11.9 Å². The summed E-state index contributed by atoms with van der Waals surface area (Å²) in [5.74, 6) is -2.85. The molecular formula is C19H20O9. The van der Waals surface area contributed by atoms with Crippen LogP contribution in [0.15, 0.2) is 36.4 Å². The molecule has 9 heteroatoms. The molecule has 0 bridgehead atoms. The number of aliphatic carboxylic acids is 2. The zero-order valence-corrected chi connectivity index (χ0v) is 14.8. The van der Waals surface area contributed by atoms with Gasteiger partial charge in [0, 0.05) is 0 Å². The highest BCUT2D eigenvalue weighted by Crippen LogP contribution is 2.28. The van der Waals surface area contributed by atoms with Crippen LogP contribution in [-0.2, 0) is 14.3 Å². The van der Waals surface area contributed by atoms with Crippen molar-refractivity contribution in [2.45, 2.75) is 43.5 Å². The van der Waals surface area contributed by atoms with Crippen LogP contribution < -0.4 is 4.74 Å². The Hall–Kier alpha value is -2.72. The molecule has 0 aromatic heterocycles. The first-order chi connectivity index (χ1) is 13.2. The molecule has 0 radical (unpaired) electrons. The molecule has 6 atom stereocenters. The van der Waals surface area contributed by atoms with E-state index in [1.54, 1.807) is 43.3 Å². The number of aliphatic hydroxyl groups is 3. The second-order valence-electron chi connectivity index (χ2n) is 6.68. The van der Waals surface area contributed by atoms with Gasteiger partial charge in [-0.15, -0.1) is 0 Å². The summed E-state index contributed by atoms with van der Waals surface area (Å²) in [6.07, 6.45) is -8.44. The predicted octanol–water partition coefficient (Wildman–Crippen LogP) is 0.299. The first kappa shape index (κ1) is 20.0. The number of fused-ring (bicyclic) bond motifs is 1. The molecule has 5 N–H and O–H groups in total. The molecule has 1 fully saturated rings. The van der Waals surface area contributed by atoms with E-state index in [-0.39, 0.29) is 5.75 Å². The van der Waals surface area contributed by atoms with E-state index in [1.807, 2.05) is 0 Å². The highest BCUT2D eigenvalue weighted by atomic mass is 16.7. The van der Waals surface area contributed by atoms with E-state index in [0.717, 1.165) is 10.8 Å². The number of carboxylic acid groups (broad SMARTS) is 2. The molecule has 0 aliphatic carbocycles. The van der Waals surface area contributed by atoms with Crippen molar-refractivity contribution in [3.05, 3.63) is 42.0 Å².